The Bertz CT molecular complexity index is 1060. The van der Waals surface area contributed by atoms with Crippen molar-refractivity contribution in [3.05, 3.63) is 53.2 Å². The number of rotatable bonds is 3. The molecule has 0 bridgehead atoms. The lowest BCUT2D eigenvalue weighted by molar-refractivity contribution is 0.0951. The Kier molecular flexibility index (Phi) is 3.23. The lowest BCUT2D eigenvalue weighted by Gasteiger charge is -2.08. The summed E-state index contributed by atoms with van der Waals surface area (Å²) in [6.07, 6.45) is 1.48. The molecular formula is C16H14N6O2. The Morgan fingerprint density at radius 3 is 3.08 bits per heavy atom. The Morgan fingerprint density at radius 2 is 2.21 bits per heavy atom. The van der Waals surface area contributed by atoms with Gasteiger partial charge in [0, 0.05) is 5.69 Å². The van der Waals surface area contributed by atoms with E-state index >= 15 is 0 Å². The molecule has 24 heavy (non-hydrogen) atoms. The summed E-state index contributed by atoms with van der Waals surface area (Å²) in [7, 11) is 0. The monoisotopic (exact) mass is 322 g/mol. The summed E-state index contributed by atoms with van der Waals surface area (Å²) in [5, 5.41) is 11.6. The standard InChI is InChI=1S/C16H14N6O2/c1-9-6-12(14-10(2)21-24-16(14)20-9)15(23)17-7-11-4-3-5-13-18-8-19-22(11)13/h3-6,8H,7H2,1-2H3,(H,17,23). The predicted molar refractivity (Wildman–Crippen MR) is 85.4 cm³/mol. The molecule has 0 spiro atoms. The van der Waals surface area contributed by atoms with Crippen LogP contribution in [0.5, 0.6) is 0 Å². The van der Waals surface area contributed by atoms with Crippen molar-refractivity contribution in [3.8, 4) is 0 Å². The van der Waals surface area contributed by atoms with Gasteiger partial charge in [-0.15, -0.1) is 0 Å². The van der Waals surface area contributed by atoms with Gasteiger partial charge in [0.15, 0.2) is 5.65 Å². The van der Waals surface area contributed by atoms with Crippen LogP contribution in [0.25, 0.3) is 16.7 Å². The lowest BCUT2D eigenvalue weighted by atomic mass is 10.1. The zero-order chi connectivity index (χ0) is 16.7. The predicted octanol–water partition coefficient (Wildman–Crippen LogP) is 1.81. The number of carbonyl (C=O) groups excluding carboxylic acids is 1. The zero-order valence-corrected chi connectivity index (χ0v) is 13.1. The highest BCUT2D eigenvalue weighted by Gasteiger charge is 2.17. The van der Waals surface area contributed by atoms with E-state index < -0.39 is 0 Å². The van der Waals surface area contributed by atoms with Crippen LogP contribution in [0.15, 0.2) is 35.1 Å². The number of fused-ring (bicyclic) bond motifs is 2. The summed E-state index contributed by atoms with van der Waals surface area (Å²) in [6, 6.07) is 7.36. The maximum Gasteiger partial charge on any atom is 0.258 e. The lowest BCUT2D eigenvalue weighted by Crippen LogP contribution is -2.24. The number of nitrogens with one attached hydrogen (secondary N) is 1. The molecule has 0 fully saturated rings. The molecule has 120 valence electrons. The van der Waals surface area contributed by atoms with Gasteiger partial charge in [0.2, 0.25) is 0 Å². The number of aromatic nitrogens is 5. The Morgan fingerprint density at radius 1 is 1.33 bits per heavy atom. The quantitative estimate of drug-likeness (QED) is 0.618. The van der Waals surface area contributed by atoms with Crippen LogP contribution in [-0.2, 0) is 6.54 Å². The summed E-state index contributed by atoms with van der Waals surface area (Å²) in [5.41, 5.74) is 3.78. The topological polar surface area (TPSA) is 98.2 Å². The molecule has 0 saturated carbocycles. The van der Waals surface area contributed by atoms with Crippen molar-refractivity contribution >= 4 is 22.7 Å². The average molecular weight is 322 g/mol. The molecule has 0 aliphatic carbocycles. The number of pyridine rings is 2. The first-order valence-electron chi connectivity index (χ1n) is 7.43. The van der Waals surface area contributed by atoms with Gasteiger partial charge in [-0.05, 0) is 32.0 Å². The second-order valence-electron chi connectivity index (χ2n) is 5.49. The van der Waals surface area contributed by atoms with Crippen molar-refractivity contribution in [1.82, 2.24) is 30.1 Å². The number of hydrogen-bond donors (Lipinski definition) is 1. The van der Waals surface area contributed by atoms with Crippen LogP contribution >= 0.6 is 0 Å². The van der Waals surface area contributed by atoms with Crippen molar-refractivity contribution in [2.24, 2.45) is 0 Å². The molecule has 0 unspecified atom stereocenters. The largest absolute Gasteiger partial charge is 0.346 e. The highest BCUT2D eigenvalue weighted by atomic mass is 16.5. The molecule has 0 aromatic carbocycles. The third kappa shape index (κ3) is 2.28. The van der Waals surface area contributed by atoms with E-state index in [4.69, 9.17) is 4.52 Å². The fraction of sp³-hybridized carbons (Fsp3) is 0.188. The first kappa shape index (κ1) is 14.3. The molecule has 4 aromatic heterocycles. The van der Waals surface area contributed by atoms with Gasteiger partial charge in [0.25, 0.3) is 11.6 Å². The number of aryl methyl sites for hydroxylation is 2. The molecule has 0 aliphatic heterocycles. The molecule has 8 nitrogen and oxygen atoms in total. The zero-order valence-electron chi connectivity index (χ0n) is 13.1. The minimum atomic E-state index is -0.214. The van der Waals surface area contributed by atoms with E-state index in [0.717, 1.165) is 11.3 Å². The minimum absolute atomic E-state index is 0.214. The normalized spacial score (nSPS) is 11.2. The number of carbonyl (C=O) groups is 1. The van der Waals surface area contributed by atoms with Crippen molar-refractivity contribution in [1.29, 1.82) is 0 Å². The van der Waals surface area contributed by atoms with E-state index in [1.807, 2.05) is 25.1 Å². The van der Waals surface area contributed by atoms with Crippen LogP contribution in [-0.4, -0.2) is 30.6 Å². The molecule has 8 heteroatoms. The highest BCUT2D eigenvalue weighted by Crippen LogP contribution is 2.21. The van der Waals surface area contributed by atoms with Gasteiger partial charge in [0.05, 0.1) is 28.9 Å². The molecule has 0 saturated heterocycles. The first-order valence-corrected chi connectivity index (χ1v) is 7.43. The SMILES string of the molecule is Cc1cc(C(=O)NCc2cccc3ncnn23)c2c(C)noc2n1. The van der Waals surface area contributed by atoms with Gasteiger partial charge in [-0.3, -0.25) is 4.79 Å². The minimum Gasteiger partial charge on any atom is -0.346 e. The molecule has 1 amide bonds. The summed E-state index contributed by atoms with van der Waals surface area (Å²) in [4.78, 5) is 21.0. The van der Waals surface area contributed by atoms with Gasteiger partial charge in [-0.25, -0.2) is 14.5 Å². The van der Waals surface area contributed by atoms with Gasteiger partial charge in [-0.1, -0.05) is 11.2 Å². The van der Waals surface area contributed by atoms with Gasteiger partial charge >= 0.3 is 0 Å². The number of nitrogens with zero attached hydrogens (tertiary/aromatic N) is 5. The van der Waals surface area contributed by atoms with Crippen molar-refractivity contribution < 1.29 is 9.32 Å². The maximum atomic E-state index is 12.7. The summed E-state index contributed by atoms with van der Waals surface area (Å²) in [6.45, 7) is 3.92. The molecular weight excluding hydrogens is 308 g/mol. The van der Waals surface area contributed by atoms with Crippen molar-refractivity contribution in [2.45, 2.75) is 20.4 Å². The van der Waals surface area contributed by atoms with Crippen LogP contribution in [0.1, 0.15) is 27.4 Å². The van der Waals surface area contributed by atoms with Gasteiger partial charge in [-0.2, -0.15) is 5.10 Å². The van der Waals surface area contributed by atoms with E-state index in [1.165, 1.54) is 6.33 Å². The Hall–Kier alpha value is -3.29. The summed E-state index contributed by atoms with van der Waals surface area (Å²) < 4.78 is 6.86. The average Bonchev–Trinajstić information content (AvgIpc) is 3.19. The fourth-order valence-electron chi connectivity index (χ4n) is 2.70. The Labute approximate surface area is 136 Å². The fourth-order valence-corrected chi connectivity index (χ4v) is 2.70. The molecule has 0 aliphatic rings. The van der Waals surface area contributed by atoms with Gasteiger partial charge in [0.1, 0.15) is 6.33 Å². The Balaban J connectivity index is 1.65. The van der Waals surface area contributed by atoms with E-state index in [0.29, 0.717) is 34.6 Å². The molecule has 4 aromatic rings. The van der Waals surface area contributed by atoms with Crippen LogP contribution in [0.4, 0.5) is 0 Å². The summed E-state index contributed by atoms with van der Waals surface area (Å²) >= 11 is 0. The number of hydrogen-bond acceptors (Lipinski definition) is 6. The molecule has 0 radical (unpaired) electrons. The van der Waals surface area contributed by atoms with E-state index in [-0.39, 0.29) is 5.91 Å². The highest BCUT2D eigenvalue weighted by molar-refractivity contribution is 6.05. The molecule has 0 atom stereocenters. The van der Waals surface area contributed by atoms with E-state index in [1.54, 1.807) is 17.5 Å². The van der Waals surface area contributed by atoms with Crippen LogP contribution in [0, 0.1) is 13.8 Å². The van der Waals surface area contributed by atoms with Crippen LogP contribution in [0.2, 0.25) is 0 Å². The smallest absolute Gasteiger partial charge is 0.258 e. The van der Waals surface area contributed by atoms with Crippen LogP contribution < -0.4 is 5.32 Å². The van der Waals surface area contributed by atoms with Gasteiger partial charge < -0.3 is 9.84 Å². The second kappa shape index (κ2) is 5.41. The third-order valence-corrected chi connectivity index (χ3v) is 3.80. The molecule has 4 heterocycles. The van der Waals surface area contributed by atoms with Crippen molar-refractivity contribution in [3.63, 3.8) is 0 Å². The molecule has 4 rings (SSSR count). The second-order valence-corrected chi connectivity index (χ2v) is 5.49. The summed E-state index contributed by atoms with van der Waals surface area (Å²) in [5.74, 6) is -0.214. The van der Waals surface area contributed by atoms with Crippen LogP contribution in [0.3, 0.4) is 0 Å². The van der Waals surface area contributed by atoms with Crippen molar-refractivity contribution in [2.75, 3.05) is 0 Å². The van der Waals surface area contributed by atoms with E-state index in [2.05, 4.69) is 25.5 Å². The maximum absolute atomic E-state index is 12.7. The molecule has 1 N–H and O–H groups in total. The first-order chi connectivity index (χ1) is 11.6. The number of amides is 1. The third-order valence-electron chi connectivity index (χ3n) is 3.80. The van der Waals surface area contributed by atoms with E-state index in [9.17, 15) is 4.79 Å².